The van der Waals surface area contributed by atoms with E-state index in [1.54, 1.807) is 0 Å². The Labute approximate surface area is 131 Å². The Balaban J connectivity index is 2.15. The Hall–Kier alpha value is -1.54. The van der Waals surface area contributed by atoms with Gasteiger partial charge in [-0.2, -0.15) is 0 Å². The standard InChI is InChI=1S/C18H21ClN2/c1-12-6-7-17-15(9-12)5-4-8-21(17)18-16(11-19)13(2)10-14(3)20-18/h6-7,9-10H,4-5,8,11H2,1-3H3. The molecule has 110 valence electrons. The van der Waals surface area contributed by atoms with Gasteiger partial charge in [0.1, 0.15) is 5.82 Å². The predicted octanol–water partition coefficient (Wildman–Crippen LogP) is 4.83. The summed E-state index contributed by atoms with van der Waals surface area (Å²) in [6, 6.07) is 8.81. The van der Waals surface area contributed by atoms with Gasteiger partial charge in [-0.3, -0.25) is 0 Å². The van der Waals surface area contributed by atoms with Gasteiger partial charge in [0.05, 0.1) is 5.88 Å². The number of benzene rings is 1. The van der Waals surface area contributed by atoms with Crippen molar-refractivity contribution in [2.24, 2.45) is 0 Å². The Kier molecular flexibility index (Phi) is 3.90. The van der Waals surface area contributed by atoms with Crippen LogP contribution >= 0.6 is 11.6 Å². The summed E-state index contributed by atoms with van der Waals surface area (Å²) in [5.74, 6) is 1.54. The number of halogens is 1. The molecule has 0 fully saturated rings. The average molecular weight is 301 g/mol. The number of hydrogen-bond acceptors (Lipinski definition) is 2. The van der Waals surface area contributed by atoms with Crippen LogP contribution in [0.15, 0.2) is 24.3 Å². The molecule has 0 bridgehead atoms. The van der Waals surface area contributed by atoms with Gasteiger partial charge in [0.15, 0.2) is 0 Å². The van der Waals surface area contributed by atoms with Gasteiger partial charge in [0.2, 0.25) is 0 Å². The summed E-state index contributed by atoms with van der Waals surface area (Å²) in [5.41, 5.74) is 7.46. The highest BCUT2D eigenvalue weighted by Gasteiger charge is 2.22. The molecule has 2 nitrogen and oxygen atoms in total. The molecule has 3 rings (SSSR count). The molecule has 1 aliphatic heterocycles. The van der Waals surface area contributed by atoms with Crippen molar-refractivity contribution >= 4 is 23.1 Å². The fraction of sp³-hybridized carbons (Fsp3) is 0.389. The summed E-state index contributed by atoms with van der Waals surface area (Å²) in [7, 11) is 0. The van der Waals surface area contributed by atoms with E-state index in [0.717, 1.165) is 36.5 Å². The molecule has 1 aromatic heterocycles. The van der Waals surface area contributed by atoms with E-state index in [4.69, 9.17) is 16.6 Å². The molecular formula is C18H21ClN2. The van der Waals surface area contributed by atoms with E-state index in [1.807, 2.05) is 0 Å². The Morgan fingerprint density at radius 2 is 2.00 bits per heavy atom. The van der Waals surface area contributed by atoms with Gasteiger partial charge in [0.25, 0.3) is 0 Å². The minimum Gasteiger partial charge on any atom is -0.326 e. The van der Waals surface area contributed by atoms with Crippen LogP contribution in [0.4, 0.5) is 11.5 Å². The highest BCUT2D eigenvalue weighted by molar-refractivity contribution is 6.17. The van der Waals surface area contributed by atoms with Gasteiger partial charge in [0, 0.05) is 23.5 Å². The average Bonchev–Trinajstić information content (AvgIpc) is 2.45. The lowest BCUT2D eigenvalue weighted by molar-refractivity contribution is 0.755. The van der Waals surface area contributed by atoms with Crippen molar-refractivity contribution in [3.8, 4) is 0 Å². The number of alkyl halides is 1. The van der Waals surface area contributed by atoms with E-state index < -0.39 is 0 Å². The largest absolute Gasteiger partial charge is 0.326 e. The molecule has 0 unspecified atom stereocenters. The van der Waals surface area contributed by atoms with Crippen LogP contribution in [0.25, 0.3) is 0 Å². The van der Waals surface area contributed by atoms with Crippen molar-refractivity contribution in [2.45, 2.75) is 39.5 Å². The van der Waals surface area contributed by atoms with Crippen molar-refractivity contribution in [3.05, 3.63) is 52.2 Å². The third-order valence-corrected chi connectivity index (χ3v) is 4.46. The van der Waals surface area contributed by atoms with Crippen LogP contribution < -0.4 is 4.90 Å². The molecule has 2 aromatic rings. The number of aryl methyl sites for hydroxylation is 4. The smallest absolute Gasteiger partial charge is 0.137 e. The molecule has 3 heteroatoms. The SMILES string of the molecule is Cc1ccc2c(c1)CCCN2c1nc(C)cc(C)c1CCl. The molecule has 2 heterocycles. The van der Waals surface area contributed by atoms with E-state index in [-0.39, 0.29) is 0 Å². The fourth-order valence-electron chi connectivity index (χ4n) is 3.18. The first-order valence-electron chi connectivity index (χ1n) is 7.50. The second-order valence-electron chi connectivity index (χ2n) is 5.90. The molecule has 0 radical (unpaired) electrons. The van der Waals surface area contributed by atoms with E-state index in [2.05, 4.69) is 49.9 Å². The third kappa shape index (κ3) is 2.65. The summed E-state index contributed by atoms with van der Waals surface area (Å²) < 4.78 is 0. The summed E-state index contributed by atoms with van der Waals surface area (Å²) in [5, 5.41) is 0. The minimum atomic E-state index is 0.506. The molecule has 0 aliphatic carbocycles. The van der Waals surface area contributed by atoms with Crippen molar-refractivity contribution in [3.63, 3.8) is 0 Å². The molecule has 1 aromatic carbocycles. The number of hydrogen-bond donors (Lipinski definition) is 0. The topological polar surface area (TPSA) is 16.1 Å². The number of nitrogens with zero attached hydrogens (tertiary/aromatic N) is 2. The number of anilines is 2. The zero-order chi connectivity index (χ0) is 15.0. The lowest BCUT2D eigenvalue weighted by Crippen LogP contribution is -2.26. The molecule has 0 saturated carbocycles. The van der Waals surface area contributed by atoms with Gasteiger partial charge in [-0.15, -0.1) is 11.6 Å². The van der Waals surface area contributed by atoms with Crippen LogP contribution in [-0.4, -0.2) is 11.5 Å². The minimum absolute atomic E-state index is 0.506. The van der Waals surface area contributed by atoms with Crippen LogP contribution in [0.1, 0.15) is 34.4 Å². The highest BCUT2D eigenvalue weighted by atomic mass is 35.5. The molecular weight excluding hydrogens is 280 g/mol. The molecule has 21 heavy (non-hydrogen) atoms. The first kappa shape index (κ1) is 14.4. The number of aromatic nitrogens is 1. The van der Waals surface area contributed by atoms with Crippen LogP contribution in [0.3, 0.4) is 0 Å². The molecule has 1 aliphatic rings. The monoisotopic (exact) mass is 300 g/mol. The number of fused-ring (bicyclic) bond motifs is 1. The summed E-state index contributed by atoms with van der Waals surface area (Å²) in [4.78, 5) is 7.13. The zero-order valence-corrected chi connectivity index (χ0v) is 13.7. The molecule has 0 amide bonds. The Morgan fingerprint density at radius 1 is 1.19 bits per heavy atom. The van der Waals surface area contributed by atoms with Crippen molar-refractivity contribution in [1.29, 1.82) is 0 Å². The van der Waals surface area contributed by atoms with E-state index in [0.29, 0.717) is 5.88 Å². The van der Waals surface area contributed by atoms with Crippen LogP contribution in [0.5, 0.6) is 0 Å². The van der Waals surface area contributed by atoms with Gasteiger partial charge in [-0.05, 0) is 56.9 Å². The molecule has 0 spiro atoms. The predicted molar refractivity (Wildman–Crippen MR) is 89.8 cm³/mol. The third-order valence-electron chi connectivity index (χ3n) is 4.20. The Morgan fingerprint density at radius 3 is 2.76 bits per heavy atom. The molecule has 0 saturated heterocycles. The van der Waals surface area contributed by atoms with Crippen LogP contribution in [0, 0.1) is 20.8 Å². The van der Waals surface area contributed by atoms with E-state index >= 15 is 0 Å². The lowest BCUT2D eigenvalue weighted by atomic mass is 9.98. The maximum Gasteiger partial charge on any atom is 0.137 e. The lowest BCUT2D eigenvalue weighted by Gasteiger charge is -2.32. The van der Waals surface area contributed by atoms with Crippen molar-refractivity contribution in [2.75, 3.05) is 11.4 Å². The van der Waals surface area contributed by atoms with Gasteiger partial charge >= 0.3 is 0 Å². The second kappa shape index (κ2) is 5.69. The number of pyridine rings is 1. The summed E-state index contributed by atoms with van der Waals surface area (Å²) >= 11 is 6.19. The maximum absolute atomic E-state index is 6.19. The van der Waals surface area contributed by atoms with E-state index in [1.165, 1.54) is 22.4 Å². The van der Waals surface area contributed by atoms with Crippen molar-refractivity contribution in [1.82, 2.24) is 4.98 Å². The maximum atomic E-state index is 6.19. The first-order chi connectivity index (χ1) is 10.1. The molecule has 0 atom stereocenters. The fourth-order valence-corrected chi connectivity index (χ4v) is 3.51. The summed E-state index contributed by atoms with van der Waals surface area (Å²) in [6.07, 6.45) is 2.31. The Bertz CT molecular complexity index is 679. The molecule has 0 N–H and O–H groups in total. The van der Waals surface area contributed by atoms with Crippen LogP contribution in [0.2, 0.25) is 0 Å². The van der Waals surface area contributed by atoms with Crippen molar-refractivity contribution < 1.29 is 0 Å². The second-order valence-corrected chi connectivity index (χ2v) is 6.17. The van der Waals surface area contributed by atoms with Crippen LogP contribution in [-0.2, 0) is 12.3 Å². The van der Waals surface area contributed by atoms with Gasteiger partial charge in [-0.1, -0.05) is 17.7 Å². The van der Waals surface area contributed by atoms with Gasteiger partial charge < -0.3 is 4.90 Å². The number of rotatable bonds is 2. The highest BCUT2D eigenvalue weighted by Crippen LogP contribution is 2.36. The quantitative estimate of drug-likeness (QED) is 0.739. The zero-order valence-electron chi connectivity index (χ0n) is 12.9. The normalized spacial score (nSPS) is 14.2. The van der Waals surface area contributed by atoms with Gasteiger partial charge in [-0.25, -0.2) is 4.98 Å². The van der Waals surface area contributed by atoms with E-state index in [9.17, 15) is 0 Å². The first-order valence-corrected chi connectivity index (χ1v) is 8.03. The summed E-state index contributed by atoms with van der Waals surface area (Å²) in [6.45, 7) is 7.33.